The summed E-state index contributed by atoms with van der Waals surface area (Å²) in [4.78, 5) is 2.54. The number of hydrogen-bond donors (Lipinski definition) is 0. The average Bonchev–Trinajstić information content (AvgIpc) is 4.09. The second kappa shape index (κ2) is 13.2. The molecule has 0 aliphatic heterocycles. The summed E-state index contributed by atoms with van der Waals surface area (Å²) in [6.07, 6.45) is 4.90. The lowest BCUT2D eigenvalue weighted by Crippen LogP contribution is -2.21. The first-order chi connectivity index (χ1) is 30.5. The Kier molecular flexibility index (Phi) is 7.56. The van der Waals surface area contributed by atoms with Gasteiger partial charge in [-0.2, -0.15) is 0 Å². The van der Waals surface area contributed by atoms with E-state index in [0.29, 0.717) is 0 Å². The van der Waals surface area contributed by atoms with Gasteiger partial charge in [-0.3, -0.25) is 0 Å². The molecule has 1 fully saturated rings. The zero-order valence-corrected chi connectivity index (χ0v) is 35.1. The predicted octanol–water partition coefficient (Wildman–Crippen LogP) is 16.7. The van der Waals surface area contributed by atoms with Gasteiger partial charge in [-0.05, 0) is 122 Å². The molecular weight excluding hydrogens is 751 g/mol. The molecule has 296 valence electrons. The minimum Gasteiger partial charge on any atom is -0.455 e. The van der Waals surface area contributed by atoms with Gasteiger partial charge >= 0.3 is 0 Å². The van der Waals surface area contributed by atoms with E-state index in [0.717, 1.165) is 38.6 Å². The smallest absolute Gasteiger partial charge is 0.143 e. The van der Waals surface area contributed by atoms with Crippen molar-refractivity contribution in [3.05, 3.63) is 210 Å². The molecule has 9 aromatic carbocycles. The first-order valence-corrected chi connectivity index (χ1v) is 22.3. The standard InChI is InChI=1S/C60H45NO/c1-59(2)51-26-8-5-21-45(51)48-24-14-25-49(57(48)59)47-22-7-10-28-54(47)61(41-31-33-46-44-20-6-9-27-52(44)60(53(46)37-41)34-11-12-35-60)40-18-13-17-39(36-40)42-23-15-29-55-56(42)50-32-30-38-16-3-4-19-43(38)58(50)62-55/h3-10,13-33,36-37H,11-12,34-35H2,1-2H3. The number of anilines is 3. The topological polar surface area (TPSA) is 16.4 Å². The molecule has 0 radical (unpaired) electrons. The molecule has 10 aromatic rings. The second-order valence-electron chi connectivity index (χ2n) is 18.3. The fourth-order valence-corrected chi connectivity index (χ4v) is 12.1. The Hall–Kier alpha value is -7.16. The summed E-state index contributed by atoms with van der Waals surface area (Å²) in [5.74, 6) is 0. The van der Waals surface area contributed by atoms with Crippen LogP contribution in [0, 0.1) is 0 Å². The minimum absolute atomic E-state index is 0.0488. The summed E-state index contributed by atoms with van der Waals surface area (Å²) in [5, 5.41) is 4.62. The van der Waals surface area contributed by atoms with E-state index in [2.05, 4.69) is 207 Å². The van der Waals surface area contributed by atoms with E-state index < -0.39 is 0 Å². The molecule has 0 N–H and O–H groups in total. The maximum absolute atomic E-state index is 6.69. The van der Waals surface area contributed by atoms with E-state index in [9.17, 15) is 0 Å². The summed E-state index contributed by atoms with van der Waals surface area (Å²) in [6.45, 7) is 4.79. The van der Waals surface area contributed by atoms with Crippen LogP contribution in [-0.2, 0) is 10.8 Å². The molecule has 1 saturated carbocycles. The molecule has 1 heterocycles. The molecule has 3 aliphatic carbocycles. The Morgan fingerprint density at radius 2 is 1.08 bits per heavy atom. The van der Waals surface area contributed by atoms with Crippen LogP contribution >= 0.6 is 0 Å². The maximum Gasteiger partial charge on any atom is 0.143 e. The maximum atomic E-state index is 6.69. The van der Waals surface area contributed by atoms with E-state index in [4.69, 9.17) is 4.42 Å². The normalized spacial score (nSPS) is 15.3. The molecule has 2 heteroatoms. The molecule has 3 aliphatic rings. The monoisotopic (exact) mass is 795 g/mol. The number of benzene rings is 9. The lowest BCUT2D eigenvalue weighted by atomic mass is 9.76. The van der Waals surface area contributed by atoms with Crippen LogP contribution in [0.1, 0.15) is 61.8 Å². The Morgan fingerprint density at radius 1 is 0.452 bits per heavy atom. The van der Waals surface area contributed by atoms with Crippen molar-refractivity contribution in [1.29, 1.82) is 0 Å². The average molecular weight is 796 g/mol. The van der Waals surface area contributed by atoms with Crippen LogP contribution in [0.25, 0.3) is 77.2 Å². The Balaban J connectivity index is 1.05. The third kappa shape index (κ3) is 4.92. The Morgan fingerprint density at radius 3 is 1.94 bits per heavy atom. The highest BCUT2D eigenvalue weighted by molar-refractivity contribution is 6.19. The Bertz CT molecular complexity index is 3470. The molecule has 0 atom stereocenters. The molecule has 0 amide bonds. The van der Waals surface area contributed by atoms with E-state index in [1.807, 2.05) is 0 Å². The van der Waals surface area contributed by atoms with Crippen LogP contribution in [0.3, 0.4) is 0 Å². The van der Waals surface area contributed by atoms with E-state index in [1.54, 1.807) is 0 Å². The SMILES string of the molecule is CC1(C)c2ccccc2-c2cccc(-c3ccccc3N(c3cccc(-c4cccc5oc6c7ccccc7ccc6c45)c3)c3ccc4c(c3)C3(CCCC3)c3ccccc3-4)c21. The first-order valence-electron chi connectivity index (χ1n) is 22.3. The third-order valence-corrected chi connectivity index (χ3v) is 14.8. The summed E-state index contributed by atoms with van der Waals surface area (Å²) in [5.41, 5.74) is 21.3. The zero-order chi connectivity index (χ0) is 41.2. The quantitative estimate of drug-likeness (QED) is 0.173. The van der Waals surface area contributed by atoms with E-state index in [1.165, 1.54) is 104 Å². The summed E-state index contributed by atoms with van der Waals surface area (Å²) in [6, 6.07) is 70.2. The van der Waals surface area contributed by atoms with Crippen molar-refractivity contribution in [3.8, 4) is 44.5 Å². The summed E-state index contributed by atoms with van der Waals surface area (Å²) in [7, 11) is 0. The highest BCUT2D eigenvalue weighted by Crippen LogP contribution is 2.59. The van der Waals surface area contributed by atoms with Gasteiger partial charge in [0.25, 0.3) is 0 Å². The third-order valence-electron chi connectivity index (χ3n) is 14.8. The molecule has 0 saturated heterocycles. The van der Waals surface area contributed by atoms with Crippen LogP contribution in [0.15, 0.2) is 192 Å². The summed E-state index contributed by atoms with van der Waals surface area (Å²) < 4.78 is 6.69. The van der Waals surface area contributed by atoms with Crippen LogP contribution in [0.4, 0.5) is 17.1 Å². The number of hydrogen-bond acceptors (Lipinski definition) is 2. The van der Waals surface area contributed by atoms with Crippen LogP contribution in [0.5, 0.6) is 0 Å². The molecule has 62 heavy (non-hydrogen) atoms. The summed E-state index contributed by atoms with van der Waals surface area (Å²) >= 11 is 0. The lowest BCUT2D eigenvalue weighted by molar-refractivity contribution is 0.550. The van der Waals surface area contributed by atoms with Gasteiger partial charge in [0.1, 0.15) is 11.2 Å². The lowest BCUT2D eigenvalue weighted by Gasteiger charge is -2.32. The molecule has 13 rings (SSSR count). The largest absolute Gasteiger partial charge is 0.455 e. The molecule has 1 aromatic heterocycles. The fourth-order valence-electron chi connectivity index (χ4n) is 12.1. The van der Waals surface area contributed by atoms with Crippen molar-refractivity contribution in [2.75, 3.05) is 4.90 Å². The van der Waals surface area contributed by atoms with Gasteiger partial charge in [0.2, 0.25) is 0 Å². The number of nitrogens with zero attached hydrogens (tertiary/aromatic N) is 1. The van der Waals surface area contributed by atoms with Gasteiger partial charge in [0.15, 0.2) is 0 Å². The molecule has 2 nitrogen and oxygen atoms in total. The van der Waals surface area contributed by atoms with Gasteiger partial charge in [-0.15, -0.1) is 0 Å². The van der Waals surface area contributed by atoms with Crippen molar-refractivity contribution >= 4 is 49.8 Å². The first kappa shape index (κ1) is 35.6. The van der Waals surface area contributed by atoms with Gasteiger partial charge in [-0.25, -0.2) is 0 Å². The van der Waals surface area contributed by atoms with Crippen molar-refractivity contribution < 1.29 is 4.42 Å². The molecule has 0 unspecified atom stereocenters. The van der Waals surface area contributed by atoms with E-state index >= 15 is 0 Å². The molecule has 0 bridgehead atoms. The van der Waals surface area contributed by atoms with Gasteiger partial charge in [-0.1, -0.05) is 172 Å². The van der Waals surface area contributed by atoms with Gasteiger partial charge in [0.05, 0.1) is 5.69 Å². The van der Waals surface area contributed by atoms with Crippen molar-refractivity contribution in [2.24, 2.45) is 0 Å². The van der Waals surface area contributed by atoms with E-state index in [-0.39, 0.29) is 10.8 Å². The van der Waals surface area contributed by atoms with Crippen LogP contribution in [-0.4, -0.2) is 0 Å². The molecular formula is C60H45NO. The van der Waals surface area contributed by atoms with Crippen molar-refractivity contribution in [2.45, 2.75) is 50.4 Å². The fraction of sp³-hybridized carbons (Fsp3) is 0.133. The zero-order valence-electron chi connectivity index (χ0n) is 35.1. The highest BCUT2D eigenvalue weighted by atomic mass is 16.3. The number of furan rings is 1. The minimum atomic E-state index is -0.161. The molecule has 1 spiro atoms. The second-order valence-corrected chi connectivity index (χ2v) is 18.3. The van der Waals surface area contributed by atoms with Crippen molar-refractivity contribution in [3.63, 3.8) is 0 Å². The van der Waals surface area contributed by atoms with Crippen LogP contribution in [0.2, 0.25) is 0 Å². The number of rotatable bonds is 5. The number of para-hydroxylation sites is 1. The van der Waals surface area contributed by atoms with Gasteiger partial charge < -0.3 is 9.32 Å². The van der Waals surface area contributed by atoms with Gasteiger partial charge in [0, 0.05) is 43.9 Å². The number of fused-ring (bicyclic) bond motifs is 13. The predicted molar refractivity (Wildman–Crippen MR) is 259 cm³/mol. The Labute approximate surface area is 362 Å². The van der Waals surface area contributed by atoms with Crippen LogP contribution < -0.4 is 4.90 Å². The highest BCUT2D eigenvalue weighted by Gasteiger charge is 2.45. The van der Waals surface area contributed by atoms with Crippen molar-refractivity contribution in [1.82, 2.24) is 0 Å².